The second-order valence-corrected chi connectivity index (χ2v) is 8.26. The molecule has 0 aromatic heterocycles. The van der Waals surface area contributed by atoms with E-state index < -0.39 is 0 Å². The van der Waals surface area contributed by atoms with Crippen LogP contribution < -0.4 is 5.32 Å². The van der Waals surface area contributed by atoms with Crippen LogP contribution in [0.1, 0.15) is 18.1 Å². The Morgan fingerprint density at radius 2 is 2.00 bits per heavy atom. The van der Waals surface area contributed by atoms with Gasteiger partial charge in [-0.3, -0.25) is 4.90 Å². The van der Waals surface area contributed by atoms with Gasteiger partial charge in [-0.15, -0.1) is 0 Å². The maximum atomic E-state index is 6.21. The summed E-state index contributed by atoms with van der Waals surface area (Å²) >= 11 is 13.6. The number of amidine groups is 1. The third-order valence-corrected chi connectivity index (χ3v) is 5.87. The van der Waals surface area contributed by atoms with Crippen molar-refractivity contribution in [1.29, 1.82) is 0 Å². The Morgan fingerprint density at radius 3 is 2.76 bits per heavy atom. The quantitative estimate of drug-likeness (QED) is 0.659. The highest BCUT2D eigenvalue weighted by Gasteiger charge is 2.29. The third kappa shape index (κ3) is 4.17. The Kier molecular flexibility index (Phi) is 5.67. The van der Waals surface area contributed by atoms with E-state index in [-0.39, 0.29) is 0 Å². The van der Waals surface area contributed by atoms with Gasteiger partial charge in [0.05, 0.1) is 5.69 Å². The number of para-hydroxylation sites is 1. The van der Waals surface area contributed by atoms with E-state index in [1.807, 2.05) is 43.3 Å². The molecular weight excluding hydrogens is 370 g/mol. The molecule has 0 spiro atoms. The predicted octanol–water partition coefficient (Wildman–Crippen LogP) is 5.78. The molecule has 0 radical (unpaired) electrons. The average molecular weight is 390 g/mol. The number of benzene rings is 2. The number of rotatable bonds is 2. The summed E-state index contributed by atoms with van der Waals surface area (Å²) in [6.07, 6.45) is 0. The molecule has 3 nitrogen and oxygen atoms in total. The molecule has 6 heteroatoms. The fraction of sp³-hybridized carbons (Fsp3) is 0.263. The normalized spacial score (nSPS) is 18.6. The van der Waals surface area contributed by atoms with Crippen molar-refractivity contribution >= 4 is 57.2 Å². The summed E-state index contributed by atoms with van der Waals surface area (Å²) in [7, 11) is 0. The zero-order valence-electron chi connectivity index (χ0n) is 14.4. The van der Waals surface area contributed by atoms with Crippen LogP contribution in [0.3, 0.4) is 0 Å². The first kappa shape index (κ1) is 18.2. The molecule has 2 aromatic carbocycles. The molecule has 1 saturated heterocycles. The van der Waals surface area contributed by atoms with Crippen LogP contribution in [0.2, 0.25) is 5.02 Å². The van der Waals surface area contributed by atoms with Crippen molar-refractivity contribution < 1.29 is 0 Å². The summed E-state index contributed by atoms with van der Waals surface area (Å²) in [5, 5.41) is 6.06. The van der Waals surface area contributed by atoms with Crippen LogP contribution in [0.25, 0.3) is 0 Å². The van der Waals surface area contributed by atoms with Gasteiger partial charge in [-0.1, -0.05) is 54.6 Å². The fourth-order valence-corrected chi connectivity index (χ4v) is 4.12. The van der Waals surface area contributed by atoms with Crippen molar-refractivity contribution in [2.75, 3.05) is 11.9 Å². The monoisotopic (exact) mass is 389 g/mol. The number of hydrogen-bond donors (Lipinski definition) is 1. The van der Waals surface area contributed by atoms with E-state index in [1.54, 1.807) is 11.8 Å². The summed E-state index contributed by atoms with van der Waals surface area (Å²) in [6, 6.07) is 13.9. The minimum absolute atomic E-state index is 0.433. The van der Waals surface area contributed by atoms with Crippen molar-refractivity contribution in [2.24, 2.45) is 4.99 Å². The Labute approximate surface area is 163 Å². The number of aliphatic imine (C=N–C) groups is 1. The molecule has 1 fully saturated rings. The van der Waals surface area contributed by atoms with Crippen LogP contribution in [-0.4, -0.2) is 27.0 Å². The van der Waals surface area contributed by atoms with Gasteiger partial charge in [-0.2, -0.15) is 0 Å². The Bertz CT molecular complexity index is 835. The highest BCUT2D eigenvalue weighted by molar-refractivity contribution is 8.14. The molecule has 1 aliphatic rings. The Balaban J connectivity index is 1.85. The minimum atomic E-state index is 0.433. The van der Waals surface area contributed by atoms with Crippen molar-refractivity contribution in [3.63, 3.8) is 0 Å². The van der Waals surface area contributed by atoms with Crippen molar-refractivity contribution in [3.05, 3.63) is 58.6 Å². The van der Waals surface area contributed by atoms with E-state index in [0.717, 1.165) is 39.2 Å². The van der Waals surface area contributed by atoms with Crippen molar-refractivity contribution in [1.82, 2.24) is 4.90 Å². The summed E-state index contributed by atoms with van der Waals surface area (Å²) < 4.78 is 0. The lowest BCUT2D eigenvalue weighted by Crippen LogP contribution is -2.36. The van der Waals surface area contributed by atoms with Crippen LogP contribution in [-0.2, 0) is 0 Å². The second kappa shape index (κ2) is 7.77. The van der Waals surface area contributed by atoms with Gasteiger partial charge in [-0.05, 0) is 55.4 Å². The van der Waals surface area contributed by atoms with E-state index in [0.29, 0.717) is 10.4 Å². The van der Waals surface area contributed by atoms with Crippen LogP contribution >= 0.6 is 35.6 Å². The van der Waals surface area contributed by atoms with E-state index in [2.05, 4.69) is 30.1 Å². The Hall–Kier alpha value is -1.56. The summed E-state index contributed by atoms with van der Waals surface area (Å²) in [4.78, 5) is 6.91. The first-order chi connectivity index (χ1) is 12.0. The van der Waals surface area contributed by atoms with Gasteiger partial charge >= 0.3 is 0 Å². The molecule has 0 aliphatic carbocycles. The molecule has 1 N–H and O–H groups in total. The van der Waals surface area contributed by atoms with Gasteiger partial charge in [0, 0.05) is 22.5 Å². The number of halogens is 1. The maximum Gasteiger partial charge on any atom is 0.179 e. The number of aryl methyl sites for hydroxylation is 1. The molecule has 0 amide bonds. The van der Waals surface area contributed by atoms with Gasteiger partial charge in [0.2, 0.25) is 0 Å². The summed E-state index contributed by atoms with van der Waals surface area (Å²) in [5.41, 5.74) is 4.05. The number of hydrogen-bond acceptors (Lipinski definition) is 3. The smallest absolute Gasteiger partial charge is 0.179 e. The summed E-state index contributed by atoms with van der Waals surface area (Å²) in [5.74, 6) is 0. The molecular formula is C19H20ClN3S2. The minimum Gasteiger partial charge on any atom is -0.332 e. The molecule has 2 aromatic rings. The first-order valence-corrected chi connectivity index (χ1v) is 9.77. The number of thiocarbonyl (C=S) groups is 1. The summed E-state index contributed by atoms with van der Waals surface area (Å²) in [6.45, 7) is 7.07. The molecule has 1 aliphatic heterocycles. The SMILES string of the molecule is Cc1ccccc1N=C1SC(C)CN1C(=S)Nc1cccc(Cl)c1C. The number of thioether (sulfide) groups is 1. The third-order valence-electron chi connectivity index (χ3n) is 4.06. The topological polar surface area (TPSA) is 27.6 Å². The van der Waals surface area contributed by atoms with Crippen LogP contribution in [0.15, 0.2) is 47.5 Å². The highest BCUT2D eigenvalue weighted by Crippen LogP contribution is 2.30. The van der Waals surface area contributed by atoms with Gasteiger partial charge < -0.3 is 5.32 Å². The molecule has 0 saturated carbocycles. The zero-order chi connectivity index (χ0) is 18.0. The number of nitrogens with one attached hydrogen (secondary N) is 1. The standard InChI is InChI=1S/C19H20ClN3S2/c1-12-7-4-5-9-16(12)22-19-23(11-13(2)25-19)18(24)21-17-10-6-8-15(20)14(17)3/h4-10,13H,11H2,1-3H3,(H,21,24). The number of nitrogens with zero attached hydrogens (tertiary/aromatic N) is 2. The van der Waals surface area contributed by atoms with E-state index >= 15 is 0 Å². The molecule has 0 bridgehead atoms. The van der Waals surface area contributed by atoms with Gasteiger partial charge in [0.1, 0.15) is 0 Å². The molecule has 130 valence electrons. The van der Waals surface area contributed by atoms with Gasteiger partial charge in [-0.25, -0.2) is 4.99 Å². The second-order valence-electron chi connectivity index (χ2n) is 6.06. The molecule has 25 heavy (non-hydrogen) atoms. The fourth-order valence-electron chi connectivity index (χ4n) is 2.59. The largest absolute Gasteiger partial charge is 0.332 e. The lowest BCUT2D eigenvalue weighted by molar-refractivity contribution is 0.641. The first-order valence-electron chi connectivity index (χ1n) is 8.10. The molecule has 1 atom stereocenters. The van der Waals surface area contributed by atoms with Crippen molar-refractivity contribution in [2.45, 2.75) is 26.0 Å². The van der Waals surface area contributed by atoms with Crippen molar-refractivity contribution in [3.8, 4) is 0 Å². The van der Waals surface area contributed by atoms with E-state index in [9.17, 15) is 0 Å². The van der Waals surface area contributed by atoms with E-state index in [4.69, 9.17) is 28.8 Å². The molecule has 3 rings (SSSR count). The molecule has 1 heterocycles. The number of anilines is 1. The van der Waals surface area contributed by atoms with Crippen LogP contribution in [0.5, 0.6) is 0 Å². The Morgan fingerprint density at radius 1 is 1.24 bits per heavy atom. The van der Waals surface area contributed by atoms with Gasteiger partial charge in [0.15, 0.2) is 10.3 Å². The van der Waals surface area contributed by atoms with Crippen LogP contribution in [0, 0.1) is 13.8 Å². The zero-order valence-corrected chi connectivity index (χ0v) is 16.8. The lowest BCUT2D eigenvalue weighted by atomic mass is 10.2. The average Bonchev–Trinajstić information content (AvgIpc) is 2.94. The highest BCUT2D eigenvalue weighted by atomic mass is 35.5. The van der Waals surface area contributed by atoms with Crippen LogP contribution in [0.4, 0.5) is 11.4 Å². The predicted molar refractivity (Wildman–Crippen MR) is 114 cm³/mol. The van der Waals surface area contributed by atoms with Gasteiger partial charge in [0.25, 0.3) is 0 Å². The lowest BCUT2D eigenvalue weighted by Gasteiger charge is -2.21. The molecule has 1 unspecified atom stereocenters. The van der Waals surface area contributed by atoms with E-state index in [1.165, 1.54) is 0 Å². The maximum absolute atomic E-state index is 6.21.